The molecule has 20 aliphatic rings. The molecule has 31 unspecified atom stereocenters. The number of esters is 1. The fourth-order valence-corrected chi connectivity index (χ4v) is 33.7. The van der Waals surface area contributed by atoms with Gasteiger partial charge >= 0.3 is 5.97 Å². The Morgan fingerprint density at radius 2 is 1.12 bits per heavy atom. The summed E-state index contributed by atoms with van der Waals surface area (Å²) in [7, 11) is 0. The van der Waals surface area contributed by atoms with E-state index in [1.54, 1.807) is 28.7 Å². The van der Waals surface area contributed by atoms with Crippen LogP contribution < -0.4 is 0 Å². The quantitative estimate of drug-likeness (QED) is 0.115. The Morgan fingerprint density at radius 3 is 1.78 bits per heavy atom. The first-order valence-electron chi connectivity index (χ1n) is 47.8. The number of carbonyl (C=O) groups excluding carboxylic acids is 2. The van der Waals surface area contributed by atoms with Gasteiger partial charge in [0.15, 0.2) is 0 Å². The van der Waals surface area contributed by atoms with Crippen LogP contribution in [0.2, 0.25) is 0 Å². The topological polar surface area (TPSA) is 93.1 Å². The van der Waals surface area contributed by atoms with Crippen molar-refractivity contribution in [2.45, 2.75) is 397 Å². The Hall–Kier alpha value is -2.96. The van der Waals surface area contributed by atoms with Crippen molar-refractivity contribution in [3.63, 3.8) is 0 Å². The van der Waals surface area contributed by atoms with Gasteiger partial charge in [-0.05, 0) is 397 Å². The standard InChI is InChI=1S/C20H30O2.C17H26O2.2C15H24O.C13H20.C13H22.C11H18/c1-4-19(21)22-14-9-15-13-8-18(16(15)10-14)20(3,11-13)17-7-5-6-12(17)2;1-4-12(2)8-16(3)10-17(19-11-18)9-15(16)13-6-5-7-14(13)17;1-10-5-3-8-13(10)15(2)9-11-6-4-7-12(11)14(15)16;1-15(11-5-3-2-4-6-11)10-9-12-13(15)7-8-14(12)16;1-3-13(2)8-9-7-12(13)11-6-4-5-10(9)11;1-9(2)13(4)8-10(3)11-6-5-7-12(11)13;1-3-11(2)8-7-9-5-4-6-10(9)11/h13-16,18H,4-11H2,1-3H3;8,11,13-15H,4-7,9-10H2,1-3H3;11-12,14,16H,3-9H2,1-2H3;5,12-14,16H,2-4,6-10H2,1H3;3,9-12H,1,4-8H2,2H3;10-12H,1,5-8H2,2-4H3;3,9-10H,1,4-8H2,2H3/b;12-8-;;;;;. The predicted octanol–water partition coefficient (Wildman–Crippen LogP) is 27.4. The molecule has 17 fully saturated rings. The Labute approximate surface area is 674 Å². The Kier molecular flexibility index (Phi) is 25.1. The summed E-state index contributed by atoms with van der Waals surface area (Å²) in [6.07, 6.45) is 66.5. The van der Waals surface area contributed by atoms with Gasteiger partial charge in [0.1, 0.15) is 11.7 Å². The Bertz CT molecular complexity index is 3430. The number of allylic oxidation sites excluding steroid dienone is 10. The summed E-state index contributed by atoms with van der Waals surface area (Å²) in [5, 5.41) is 20.7. The van der Waals surface area contributed by atoms with Crippen LogP contribution in [0.4, 0.5) is 0 Å². The van der Waals surface area contributed by atoms with Crippen molar-refractivity contribution in [1.29, 1.82) is 0 Å². The molecule has 17 saturated carbocycles. The second-order valence-corrected chi connectivity index (χ2v) is 44.7. The second-order valence-electron chi connectivity index (χ2n) is 44.7. The molecule has 20 aliphatic carbocycles. The maximum atomic E-state index is 11.6. The maximum Gasteiger partial charge on any atom is 0.305 e. The number of aliphatic hydroxyl groups is 2. The molecule has 31 atom stereocenters. The van der Waals surface area contributed by atoms with Gasteiger partial charge in [-0.1, -0.05) is 184 Å². The average Bonchev–Trinajstić information content (AvgIpc) is 1.55. The van der Waals surface area contributed by atoms with Gasteiger partial charge in [-0.3, -0.25) is 9.59 Å². The van der Waals surface area contributed by atoms with Crippen molar-refractivity contribution >= 4 is 12.4 Å². The van der Waals surface area contributed by atoms with Crippen LogP contribution in [0.3, 0.4) is 0 Å². The van der Waals surface area contributed by atoms with E-state index in [2.05, 4.69) is 134 Å². The molecular formula is C104H164O6. The molecule has 0 aromatic heterocycles. The number of carbonyl (C=O) groups is 2. The summed E-state index contributed by atoms with van der Waals surface area (Å²) in [6, 6.07) is 0. The van der Waals surface area contributed by atoms with E-state index in [1.807, 2.05) is 12.5 Å². The molecule has 6 nitrogen and oxygen atoms in total. The van der Waals surface area contributed by atoms with Crippen molar-refractivity contribution in [3.8, 4) is 0 Å². The maximum absolute atomic E-state index is 11.6. The van der Waals surface area contributed by atoms with Crippen LogP contribution in [0, 0.1) is 156 Å². The second kappa shape index (κ2) is 33.1. The largest absolute Gasteiger partial charge is 0.462 e. The molecule has 0 aliphatic heterocycles. The van der Waals surface area contributed by atoms with Gasteiger partial charge in [-0.25, -0.2) is 0 Å². The van der Waals surface area contributed by atoms with E-state index in [0.717, 1.165) is 139 Å². The Morgan fingerprint density at radius 1 is 0.500 bits per heavy atom. The highest BCUT2D eigenvalue weighted by Gasteiger charge is 2.68. The van der Waals surface area contributed by atoms with Gasteiger partial charge in [-0.2, -0.15) is 0 Å². The summed E-state index contributed by atoms with van der Waals surface area (Å²) in [6.45, 7) is 45.7. The van der Waals surface area contributed by atoms with Crippen LogP contribution in [0.25, 0.3) is 0 Å². The highest BCUT2D eigenvalue weighted by Crippen LogP contribution is 2.72. The van der Waals surface area contributed by atoms with Crippen LogP contribution in [0.15, 0.2) is 83.1 Å². The number of aliphatic hydroxyl groups excluding tert-OH is 2. The normalized spacial score (nSPS) is 49.2. The third-order valence-electron chi connectivity index (χ3n) is 39.3. The first kappa shape index (κ1) is 83.5. The SMILES string of the molecule is C=C(C)C1(C)CC(C)C2CCCC21.C=CC1(C)CC2CC1C1CCCC21.C=CC1(C)CCC2CCCC21.CC/C(C)=C\C1(C)CC2(OC=O)CC1C1CCCC12.CC1(C2=CCCCC2)CCC2C(O)CCC21.CC1=C(C2(C)CC3CCCC3C2O)CCC1.CCC(=O)OC1CC2C3CC(C2C1)C(C)(C1=C(C)CCC1)C3. The fraction of sp³-hybridized carbons (Fsp3) is 0.846. The highest BCUT2D eigenvalue weighted by atomic mass is 16.5. The fourth-order valence-electron chi connectivity index (χ4n) is 33.7. The minimum absolute atomic E-state index is 0.00516. The predicted molar refractivity (Wildman–Crippen MR) is 456 cm³/mol. The van der Waals surface area contributed by atoms with E-state index in [9.17, 15) is 19.8 Å². The molecule has 20 rings (SSSR count). The summed E-state index contributed by atoms with van der Waals surface area (Å²) >= 11 is 0. The number of ether oxygens (including phenoxy) is 2. The number of rotatable bonds is 12. The zero-order valence-corrected chi connectivity index (χ0v) is 73.2. The molecule has 0 aromatic rings. The molecule has 0 aromatic carbocycles. The van der Waals surface area contributed by atoms with Gasteiger partial charge in [0.25, 0.3) is 6.47 Å². The van der Waals surface area contributed by atoms with E-state index >= 15 is 0 Å². The summed E-state index contributed by atoms with van der Waals surface area (Å²) in [4.78, 5) is 22.6. The number of fused-ring (bicyclic) bond motifs is 19. The van der Waals surface area contributed by atoms with Crippen molar-refractivity contribution in [2.24, 2.45) is 156 Å². The summed E-state index contributed by atoms with van der Waals surface area (Å²) in [5.74, 6) is 17.6. The van der Waals surface area contributed by atoms with Gasteiger partial charge in [0.2, 0.25) is 0 Å². The first-order valence-corrected chi connectivity index (χ1v) is 47.8. The van der Waals surface area contributed by atoms with Crippen LogP contribution in [0.5, 0.6) is 0 Å². The van der Waals surface area contributed by atoms with Crippen molar-refractivity contribution in [3.05, 3.63) is 83.1 Å². The lowest BCUT2D eigenvalue weighted by Crippen LogP contribution is -2.42. The molecule has 6 bridgehead atoms. The van der Waals surface area contributed by atoms with E-state index in [1.165, 1.54) is 236 Å². The van der Waals surface area contributed by atoms with Crippen LogP contribution in [-0.2, 0) is 19.1 Å². The van der Waals surface area contributed by atoms with E-state index < -0.39 is 0 Å². The van der Waals surface area contributed by atoms with Crippen molar-refractivity contribution in [2.75, 3.05) is 0 Å². The lowest BCUT2D eigenvalue weighted by atomic mass is 9.62. The zero-order chi connectivity index (χ0) is 78.3. The molecule has 0 spiro atoms. The Balaban J connectivity index is 0.000000108. The summed E-state index contributed by atoms with van der Waals surface area (Å²) < 4.78 is 11.4. The van der Waals surface area contributed by atoms with Crippen molar-refractivity contribution < 1.29 is 29.3 Å². The molecule has 6 heteroatoms. The molecular weight excluding hydrogens is 1350 g/mol. The van der Waals surface area contributed by atoms with Gasteiger partial charge in [0, 0.05) is 17.8 Å². The molecule has 616 valence electrons. The highest BCUT2D eigenvalue weighted by molar-refractivity contribution is 5.69. The van der Waals surface area contributed by atoms with Crippen LogP contribution >= 0.6 is 0 Å². The molecule has 2 N–H and O–H groups in total. The summed E-state index contributed by atoms with van der Waals surface area (Å²) in [5.41, 5.74) is 14.0. The third kappa shape index (κ3) is 15.1. The lowest BCUT2D eigenvalue weighted by molar-refractivity contribution is -0.150. The monoisotopic (exact) mass is 1510 g/mol. The first-order chi connectivity index (χ1) is 52.5. The van der Waals surface area contributed by atoms with E-state index in [0.29, 0.717) is 57.7 Å². The molecule has 110 heavy (non-hydrogen) atoms. The molecule has 0 heterocycles. The molecule has 0 radical (unpaired) electrons. The van der Waals surface area contributed by atoms with E-state index in [-0.39, 0.29) is 40.7 Å². The average molecular weight is 1510 g/mol. The minimum Gasteiger partial charge on any atom is -0.462 e. The van der Waals surface area contributed by atoms with Crippen LogP contribution in [-0.4, -0.2) is 46.6 Å². The third-order valence-corrected chi connectivity index (χ3v) is 39.3. The lowest BCUT2D eigenvalue weighted by Gasteiger charge is -2.42. The number of hydrogen-bond donors (Lipinski definition) is 2. The van der Waals surface area contributed by atoms with Gasteiger partial charge < -0.3 is 19.7 Å². The van der Waals surface area contributed by atoms with E-state index in [4.69, 9.17) is 9.47 Å². The van der Waals surface area contributed by atoms with Gasteiger partial charge in [0.05, 0.1) is 12.2 Å². The number of hydrogen-bond acceptors (Lipinski definition) is 6. The van der Waals surface area contributed by atoms with Crippen molar-refractivity contribution in [1.82, 2.24) is 0 Å². The minimum atomic E-state index is -0.132. The molecule has 0 amide bonds. The zero-order valence-electron chi connectivity index (χ0n) is 73.2. The van der Waals surface area contributed by atoms with Gasteiger partial charge in [-0.15, -0.1) is 13.2 Å². The smallest absolute Gasteiger partial charge is 0.305 e. The molecule has 0 saturated heterocycles. The van der Waals surface area contributed by atoms with Crippen LogP contribution in [0.1, 0.15) is 373 Å².